The highest BCUT2D eigenvalue weighted by molar-refractivity contribution is 7.89. The molecule has 0 atom stereocenters. The maximum atomic E-state index is 13.3. The van der Waals surface area contributed by atoms with E-state index in [0.717, 1.165) is 22.7 Å². The Bertz CT molecular complexity index is 1220. The summed E-state index contributed by atoms with van der Waals surface area (Å²) in [6.45, 7) is 2.80. The molecule has 0 radical (unpaired) electrons. The lowest BCUT2D eigenvalue weighted by atomic mass is 10.1. The number of benzene rings is 2. The highest BCUT2D eigenvalue weighted by Crippen LogP contribution is 2.27. The molecule has 0 saturated carbocycles. The summed E-state index contributed by atoms with van der Waals surface area (Å²) in [7, 11) is -1.64. The molecule has 1 N–H and O–H groups in total. The normalized spacial score (nSPS) is 14.8. The van der Waals surface area contributed by atoms with Gasteiger partial charge in [0, 0.05) is 24.7 Å². The summed E-state index contributed by atoms with van der Waals surface area (Å²) in [5.74, 6) is 0.722. The number of sulfonamides is 1. The fourth-order valence-corrected chi connectivity index (χ4v) is 5.56. The van der Waals surface area contributed by atoms with Crippen molar-refractivity contribution in [3.05, 3.63) is 66.4 Å². The monoisotopic (exact) mass is 482 g/mol. The van der Waals surface area contributed by atoms with E-state index in [0.29, 0.717) is 38.0 Å². The minimum atomic E-state index is -3.27. The molecule has 2 heterocycles. The first-order chi connectivity index (χ1) is 16.4. The van der Waals surface area contributed by atoms with Crippen molar-refractivity contribution in [3.8, 4) is 22.7 Å². The number of rotatable bonds is 8. The Hall–Kier alpha value is -3.17. The van der Waals surface area contributed by atoms with Gasteiger partial charge in [0.25, 0.3) is 5.91 Å². The van der Waals surface area contributed by atoms with Crippen molar-refractivity contribution in [3.63, 3.8) is 0 Å². The van der Waals surface area contributed by atoms with Gasteiger partial charge in [-0.1, -0.05) is 25.1 Å². The number of aromatic nitrogens is 2. The molecule has 9 heteroatoms. The lowest BCUT2D eigenvalue weighted by Gasteiger charge is -2.31. The van der Waals surface area contributed by atoms with Gasteiger partial charge in [0.1, 0.15) is 5.75 Å². The van der Waals surface area contributed by atoms with Crippen LogP contribution in [-0.2, 0) is 10.0 Å². The summed E-state index contributed by atoms with van der Waals surface area (Å²) >= 11 is 0. The lowest BCUT2D eigenvalue weighted by Crippen LogP contribution is -2.47. The third kappa shape index (κ3) is 5.48. The van der Waals surface area contributed by atoms with E-state index in [2.05, 4.69) is 9.82 Å². The summed E-state index contributed by atoms with van der Waals surface area (Å²) < 4.78 is 34.0. The Kier molecular flexibility index (Phi) is 7.33. The number of methoxy groups -OCH3 is 1. The summed E-state index contributed by atoms with van der Waals surface area (Å²) in [4.78, 5) is 15.1. The number of nitrogens with zero attached hydrogens (tertiary/aromatic N) is 3. The molecule has 1 fully saturated rings. The van der Waals surface area contributed by atoms with Crippen LogP contribution >= 0.6 is 0 Å². The number of hydrogen-bond acceptors (Lipinski definition) is 5. The molecule has 0 bridgehead atoms. The molecule has 1 amide bonds. The molecule has 4 rings (SSSR count). The number of hydrogen-bond donors (Lipinski definition) is 1. The zero-order chi connectivity index (χ0) is 24.1. The average molecular weight is 483 g/mol. The van der Waals surface area contributed by atoms with Gasteiger partial charge in [-0.2, -0.15) is 5.10 Å². The SMILES string of the molecule is CCCS(=O)(=O)NC1CCN(C(=O)c2cc(-c3ccc(OC)cc3)n(-c3ccccc3)n2)CC1. The average Bonchev–Trinajstić information content (AvgIpc) is 3.30. The molecule has 1 aliphatic heterocycles. The number of amides is 1. The number of piperidine rings is 1. The minimum Gasteiger partial charge on any atom is -0.497 e. The topological polar surface area (TPSA) is 93.5 Å². The second-order valence-corrected chi connectivity index (χ2v) is 10.3. The van der Waals surface area contributed by atoms with Crippen LogP contribution < -0.4 is 9.46 Å². The van der Waals surface area contributed by atoms with E-state index in [9.17, 15) is 13.2 Å². The Balaban J connectivity index is 1.55. The molecule has 8 nitrogen and oxygen atoms in total. The molecule has 34 heavy (non-hydrogen) atoms. The highest BCUT2D eigenvalue weighted by atomic mass is 32.2. The minimum absolute atomic E-state index is 0.122. The quantitative estimate of drug-likeness (QED) is 0.531. The van der Waals surface area contributed by atoms with E-state index < -0.39 is 10.0 Å². The predicted molar refractivity (Wildman–Crippen MR) is 132 cm³/mol. The van der Waals surface area contributed by atoms with Gasteiger partial charge < -0.3 is 9.64 Å². The number of carbonyl (C=O) groups is 1. The van der Waals surface area contributed by atoms with Gasteiger partial charge >= 0.3 is 0 Å². The van der Waals surface area contributed by atoms with E-state index in [1.165, 1.54) is 0 Å². The molecule has 1 aromatic heterocycles. The van der Waals surface area contributed by atoms with Crippen LogP contribution in [0.3, 0.4) is 0 Å². The van der Waals surface area contributed by atoms with E-state index in [1.54, 1.807) is 16.7 Å². The van der Waals surface area contributed by atoms with Crippen molar-refractivity contribution in [1.82, 2.24) is 19.4 Å². The Morgan fingerprint density at radius 1 is 1.09 bits per heavy atom. The third-order valence-electron chi connectivity index (χ3n) is 5.92. The standard InChI is InChI=1S/C25H30N4O4S/c1-3-17-34(31,32)27-20-13-15-28(16-14-20)25(30)23-18-24(19-9-11-22(33-2)12-10-19)29(26-23)21-7-5-4-6-8-21/h4-12,18,20,27H,3,13-17H2,1-2H3. The maximum Gasteiger partial charge on any atom is 0.274 e. The molecular weight excluding hydrogens is 452 g/mol. The zero-order valence-corrected chi connectivity index (χ0v) is 20.3. The highest BCUT2D eigenvalue weighted by Gasteiger charge is 2.28. The van der Waals surface area contributed by atoms with Crippen molar-refractivity contribution >= 4 is 15.9 Å². The fourth-order valence-electron chi connectivity index (χ4n) is 4.16. The van der Waals surface area contributed by atoms with E-state index in [4.69, 9.17) is 4.74 Å². The van der Waals surface area contributed by atoms with Crippen molar-refractivity contribution in [2.45, 2.75) is 32.2 Å². The van der Waals surface area contributed by atoms with Gasteiger partial charge in [-0.3, -0.25) is 4.79 Å². The first kappa shape index (κ1) is 24.0. The van der Waals surface area contributed by atoms with Crippen LogP contribution in [0.15, 0.2) is 60.7 Å². The molecule has 180 valence electrons. The molecule has 0 aliphatic carbocycles. The van der Waals surface area contributed by atoms with Gasteiger partial charge in [0.15, 0.2) is 5.69 Å². The van der Waals surface area contributed by atoms with E-state index in [1.807, 2.05) is 67.6 Å². The number of likely N-dealkylation sites (tertiary alicyclic amines) is 1. The fraction of sp³-hybridized carbons (Fsp3) is 0.360. The van der Waals surface area contributed by atoms with Crippen molar-refractivity contribution in [2.75, 3.05) is 26.0 Å². The molecule has 1 saturated heterocycles. The van der Waals surface area contributed by atoms with Crippen LogP contribution in [0.5, 0.6) is 5.75 Å². The third-order valence-corrected chi connectivity index (χ3v) is 7.55. The Morgan fingerprint density at radius 2 is 1.76 bits per heavy atom. The van der Waals surface area contributed by atoms with Gasteiger partial charge in [-0.15, -0.1) is 0 Å². The Morgan fingerprint density at radius 3 is 2.38 bits per heavy atom. The van der Waals surface area contributed by atoms with E-state index >= 15 is 0 Å². The number of carbonyl (C=O) groups excluding carboxylic acids is 1. The lowest BCUT2D eigenvalue weighted by molar-refractivity contribution is 0.0705. The van der Waals surface area contributed by atoms with Crippen molar-refractivity contribution < 1.29 is 17.9 Å². The molecular formula is C25H30N4O4S. The van der Waals surface area contributed by atoms with Crippen molar-refractivity contribution in [2.24, 2.45) is 0 Å². The molecule has 1 aliphatic rings. The summed E-state index contributed by atoms with van der Waals surface area (Å²) in [6, 6.07) is 19.0. The van der Waals surface area contributed by atoms with Gasteiger partial charge in [0.05, 0.1) is 24.2 Å². The van der Waals surface area contributed by atoms with Gasteiger partial charge in [-0.25, -0.2) is 17.8 Å². The summed E-state index contributed by atoms with van der Waals surface area (Å²) in [5, 5.41) is 4.66. The summed E-state index contributed by atoms with van der Waals surface area (Å²) in [6.07, 6.45) is 1.74. The van der Waals surface area contributed by atoms with Crippen LogP contribution in [-0.4, -0.2) is 61.0 Å². The van der Waals surface area contributed by atoms with Crippen LogP contribution in [0, 0.1) is 0 Å². The summed E-state index contributed by atoms with van der Waals surface area (Å²) in [5.41, 5.74) is 2.94. The molecule has 0 unspecified atom stereocenters. The second-order valence-electron chi connectivity index (χ2n) is 8.39. The maximum absolute atomic E-state index is 13.3. The molecule has 0 spiro atoms. The molecule has 3 aromatic rings. The first-order valence-corrected chi connectivity index (χ1v) is 13.1. The zero-order valence-electron chi connectivity index (χ0n) is 19.5. The molecule has 2 aromatic carbocycles. The van der Waals surface area contributed by atoms with Gasteiger partial charge in [0.2, 0.25) is 10.0 Å². The smallest absolute Gasteiger partial charge is 0.274 e. The number of nitrogens with one attached hydrogen (secondary N) is 1. The van der Waals surface area contributed by atoms with Crippen molar-refractivity contribution in [1.29, 1.82) is 0 Å². The van der Waals surface area contributed by atoms with E-state index in [-0.39, 0.29) is 17.7 Å². The van der Waals surface area contributed by atoms with Crippen LogP contribution in [0.25, 0.3) is 16.9 Å². The first-order valence-electron chi connectivity index (χ1n) is 11.5. The van der Waals surface area contributed by atoms with Crippen LogP contribution in [0.2, 0.25) is 0 Å². The Labute approximate surface area is 200 Å². The predicted octanol–water partition coefficient (Wildman–Crippen LogP) is 3.48. The van der Waals surface area contributed by atoms with Crippen LogP contribution in [0.4, 0.5) is 0 Å². The second kappa shape index (κ2) is 10.4. The van der Waals surface area contributed by atoms with Crippen LogP contribution in [0.1, 0.15) is 36.7 Å². The number of ether oxygens (including phenoxy) is 1. The van der Waals surface area contributed by atoms with Gasteiger partial charge in [-0.05, 0) is 61.7 Å². The number of para-hydroxylation sites is 1. The largest absolute Gasteiger partial charge is 0.497 e.